The van der Waals surface area contributed by atoms with Crippen LogP contribution in [0.5, 0.6) is 5.75 Å². The molecule has 0 bridgehead atoms. The van der Waals surface area contributed by atoms with Crippen LogP contribution in [-0.4, -0.2) is 17.4 Å². The van der Waals surface area contributed by atoms with Gasteiger partial charge in [-0.2, -0.15) is 0 Å². The Balaban J connectivity index is 1.54. The van der Waals surface area contributed by atoms with Crippen molar-refractivity contribution in [2.24, 2.45) is 0 Å². The average molecular weight is 295 g/mol. The summed E-state index contributed by atoms with van der Waals surface area (Å²) in [5, 5.41) is 0. The van der Waals surface area contributed by atoms with Crippen LogP contribution in [0.1, 0.15) is 11.1 Å². The van der Waals surface area contributed by atoms with E-state index in [1.165, 1.54) is 12.1 Å². The highest BCUT2D eigenvalue weighted by atomic mass is 19.1. The normalized spacial score (nSPS) is 16.4. The Morgan fingerprint density at radius 1 is 1.09 bits per heavy atom. The highest BCUT2D eigenvalue weighted by molar-refractivity contribution is 5.97. The number of fused-ring (bicyclic) bond motifs is 1. The van der Waals surface area contributed by atoms with Crippen LogP contribution >= 0.6 is 0 Å². The third kappa shape index (κ3) is 2.17. The second kappa shape index (κ2) is 4.98. The first kappa shape index (κ1) is 13.1. The summed E-state index contributed by atoms with van der Waals surface area (Å²) in [6.45, 7) is 0.936. The molecule has 110 valence electrons. The van der Waals surface area contributed by atoms with Crippen LogP contribution in [0.4, 0.5) is 4.39 Å². The van der Waals surface area contributed by atoms with E-state index >= 15 is 0 Å². The van der Waals surface area contributed by atoms with Gasteiger partial charge >= 0.3 is 0 Å². The second-order valence-corrected chi connectivity index (χ2v) is 5.58. The third-order valence-corrected chi connectivity index (χ3v) is 4.08. The highest BCUT2D eigenvalue weighted by Crippen LogP contribution is 2.34. The van der Waals surface area contributed by atoms with Gasteiger partial charge in [0, 0.05) is 13.0 Å². The van der Waals surface area contributed by atoms with Crippen molar-refractivity contribution in [3.05, 3.63) is 76.8 Å². The van der Waals surface area contributed by atoms with Crippen molar-refractivity contribution >= 4 is 5.91 Å². The predicted molar refractivity (Wildman–Crippen MR) is 79.6 cm³/mol. The van der Waals surface area contributed by atoms with Crippen LogP contribution in [0.3, 0.4) is 0 Å². The standard InChI is InChI=1S/C18H14FNO2/c19-14-7-5-12(6-8-14)10-20-11-17-15(18(20)21)9-13-3-1-2-4-16(13)22-17/h1-8H,9-11H2. The summed E-state index contributed by atoms with van der Waals surface area (Å²) >= 11 is 0. The van der Waals surface area contributed by atoms with Gasteiger partial charge < -0.3 is 9.64 Å². The molecule has 0 aliphatic carbocycles. The Morgan fingerprint density at radius 3 is 2.68 bits per heavy atom. The van der Waals surface area contributed by atoms with Crippen molar-refractivity contribution in [2.75, 3.05) is 6.54 Å². The van der Waals surface area contributed by atoms with Gasteiger partial charge in [-0.15, -0.1) is 0 Å². The predicted octanol–water partition coefficient (Wildman–Crippen LogP) is 3.06. The summed E-state index contributed by atoms with van der Waals surface area (Å²) in [5.41, 5.74) is 2.69. The number of para-hydroxylation sites is 1. The van der Waals surface area contributed by atoms with Crippen LogP contribution in [0.2, 0.25) is 0 Å². The van der Waals surface area contributed by atoms with Gasteiger partial charge in [0.2, 0.25) is 0 Å². The minimum Gasteiger partial charge on any atom is -0.459 e. The van der Waals surface area contributed by atoms with Gasteiger partial charge in [0.05, 0.1) is 12.1 Å². The molecule has 0 atom stereocenters. The van der Waals surface area contributed by atoms with Crippen molar-refractivity contribution in [3.63, 3.8) is 0 Å². The average Bonchev–Trinajstić information content (AvgIpc) is 2.83. The molecule has 0 N–H and O–H groups in total. The molecule has 2 heterocycles. The maximum absolute atomic E-state index is 13.0. The van der Waals surface area contributed by atoms with E-state index < -0.39 is 0 Å². The molecule has 4 heteroatoms. The van der Waals surface area contributed by atoms with Crippen molar-refractivity contribution in [2.45, 2.75) is 13.0 Å². The van der Waals surface area contributed by atoms with Crippen molar-refractivity contribution in [1.82, 2.24) is 4.90 Å². The summed E-state index contributed by atoms with van der Waals surface area (Å²) in [6, 6.07) is 14.0. The number of carbonyl (C=O) groups excluding carboxylic acids is 1. The van der Waals surface area contributed by atoms with Gasteiger partial charge in [-0.25, -0.2) is 4.39 Å². The summed E-state index contributed by atoms with van der Waals surface area (Å²) in [4.78, 5) is 14.3. The molecule has 3 nitrogen and oxygen atoms in total. The number of amides is 1. The number of rotatable bonds is 2. The van der Waals surface area contributed by atoms with E-state index in [0.29, 0.717) is 19.5 Å². The van der Waals surface area contributed by atoms with Gasteiger partial charge in [0.1, 0.15) is 17.3 Å². The molecule has 2 aromatic rings. The fourth-order valence-corrected chi connectivity index (χ4v) is 2.93. The van der Waals surface area contributed by atoms with E-state index in [9.17, 15) is 9.18 Å². The highest BCUT2D eigenvalue weighted by Gasteiger charge is 2.35. The van der Waals surface area contributed by atoms with E-state index in [-0.39, 0.29) is 11.7 Å². The Labute approximate surface area is 127 Å². The maximum Gasteiger partial charge on any atom is 0.254 e. The molecule has 1 amide bonds. The SMILES string of the molecule is O=C1C2=C(CN1Cc1ccc(F)cc1)Oc1ccccc1C2. The molecule has 0 saturated heterocycles. The van der Waals surface area contributed by atoms with Gasteiger partial charge in [-0.05, 0) is 29.3 Å². The Morgan fingerprint density at radius 2 is 1.86 bits per heavy atom. The van der Waals surface area contributed by atoms with Crippen LogP contribution in [0.15, 0.2) is 59.9 Å². The molecule has 4 rings (SSSR count). The van der Waals surface area contributed by atoms with Gasteiger partial charge in [0.25, 0.3) is 5.91 Å². The molecule has 2 aliphatic heterocycles. The first-order valence-electron chi connectivity index (χ1n) is 7.22. The van der Waals surface area contributed by atoms with Crippen molar-refractivity contribution in [1.29, 1.82) is 0 Å². The van der Waals surface area contributed by atoms with Crippen LogP contribution in [-0.2, 0) is 17.8 Å². The topological polar surface area (TPSA) is 29.5 Å². The fourth-order valence-electron chi connectivity index (χ4n) is 2.93. The van der Waals surface area contributed by atoms with Crippen LogP contribution in [0, 0.1) is 5.82 Å². The summed E-state index contributed by atoms with van der Waals surface area (Å²) in [6.07, 6.45) is 0.615. The van der Waals surface area contributed by atoms with E-state index in [1.807, 2.05) is 24.3 Å². The van der Waals surface area contributed by atoms with Gasteiger partial charge in [0.15, 0.2) is 0 Å². The number of benzene rings is 2. The largest absolute Gasteiger partial charge is 0.459 e. The maximum atomic E-state index is 13.0. The zero-order valence-electron chi connectivity index (χ0n) is 11.9. The molecule has 0 aromatic heterocycles. The number of ether oxygens (including phenoxy) is 1. The van der Waals surface area contributed by atoms with Gasteiger partial charge in [-0.3, -0.25) is 4.79 Å². The Hall–Kier alpha value is -2.62. The number of nitrogens with zero attached hydrogens (tertiary/aromatic N) is 1. The molecule has 22 heavy (non-hydrogen) atoms. The summed E-state index contributed by atoms with van der Waals surface area (Å²) < 4.78 is 18.8. The second-order valence-electron chi connectivity index (χ2n) is 5.58. The monoisotopic (exact) mass is 295 g/mol. The van der Waals surface area contributed by atoms with Crippen molar-refractivity contribution in [3.8, 4) is 5.75 Å². The molecule has 0 saturated carbocycles. The smallest absolute Gasteiger partial charge is 0.254 e. The lowest BCUT2D eigenvalue weighted by Crippen LogP contribution is -2.27. The molecule has 0 radical (unpaired) electrons. The van der Waals surface area contributed by atoms with E-state index in [1.54, 1.807) is 17.0 Å². The lowest BCUT2D eigenvalue weighted by Gasteiger charge is -2.17. The minimum atomic E-state index is -0.271. The zero-order valence-corrected chi connectivity index (χ0v) is 11.9. The summed E-state index contributed by atoms with van der Waals surface area (Å²) in [5.74, 6) is 1.31. The number of halogens is 1. The van der Waals surface area contributed by atoms with E-state index in [4.69, 9.17) is 4.74 Å². The first-order valence-corrected chi connectivity index (χ1v) is 7.22. The lowest BCUT2D eigenvalue weighted by molar-refractivity contribution is -0.126. The molecule has 0 spiro atoms. The molecule has 0 unspecified atom stereocenters. The molecule has 2 aromatic carbocycles. The fraction of sp³-hybridized carbons (Fsp3) is 0.167. The van der Waals surface area contributed by atoms with Crippen LogP contribution < -0.4 is 4.74 Å². The number of hydrogen-bond donors (Lipinski definition) is 0. The number of hydrogen-bond acceptors (Lipinski definition) is 2. The molecular weight excluding hydrogens is 281 g/mol. The third-order valence-electron chi connectivity index (χ3n) is 4.08. The van der Waals surface area contributed by atoms with E-state index in [0.717, 1.165) is 28.2 Å². The lowest BCUT2D eigenvalue weighted by atomic mass is 10.0. The quantitative estimate of drug-likeness (QED) is 0.852. The molecule has 2 aliphatic rings. The Kier molecular flexibility index (Phi) is 2.96. The first-order chi connectivity index (χ1) is 10.7. The summed E-state index contributed by atoms with van der Waals surface area (Å²) in [7, 11) is 0. The van der Waals surface area contributed by atoms with Gasteiger partial charge in [-0.1, -0.05) is 30.3 Å². The minimum absolute atomic E-state index is 0.00817. The van der Waals surface area contributed by atoms with E-state index in [2.05, 4.69) is 0 Å². The molecule has 0 fully saturated rings. The van der Waals surface area contributed by atoms with Crippen molar-refractivity contribution < 1.29 is 13.9 Å². The zero-order chi connectivity index (χ0) is 15.1. The Bertz CT molecular complexity index is 780. The molecular formula is C18H14FNO2. The number of carbonyl (C=O) groups is 1. The van der Waals surface area contributed by atoms with Crippen LogP contribution in [0.25, 0.3) is 0 Å².